The summed E-state index contributed by atoms with van der Waals surface area (Å²) in [7, 11) is 0. The molecule has 0 radical (unpaired) electrons. The molecule has 0 atom stereocenters. The van der Waals surface area contributed by atoms with E-state index in [2.05, 4.69) is 22.2 Å². The Labute approximate surface area is 163 Å². The molecule has 0 bridgehead atoms. The van der Waals surface area contributed by atoms with Crippen molar-refractivity contribution >= 4 is 16.9 Å². The topological polar surface area (TPSA) is 81.0 Å². The molecule has 0 unspecified atom stereocenters. The second-order valence-corrected chi connectivity index (χ2v) is 7.45. The van der Waals surface area contributed by atoms with Crippen LogP contribution in [0.2, 0.25) is 0 Å². The van der Waals surface area contributed by atoms with Gasteiger partial charge in [-0.05, 0) is 57.0 Å². The molecule has 0 aromatic carbocycles. The molecule has 7 nitrogen and oxygen atoms in total. The Morgan fingerprint density at radius 3 is 2.64 bits per heavy atom. The molecule has 0 saturated carbocycles. The van der Waals surface area contributed by atoms with Crippen molar-refractivity contribution < 1.29 is 4.79 Å². The summed E-state index contributed by atoms with van der Waals surface area (Å²) in [5.74, 6) is 0.189. The van der Waals surface area contributed by atoms with Gasteiger partial charge in [0.2, 0.25) is 0 Å². The summed E-state index contributed by atoms with van der Waals surface area (Å²) < 4.78 is 1.35. The van der Waals surface area contributed by atoms with E-state index in [0.717, 1.165) is 29.6 Å². The van der Waals surface area contributed by atoms with Crippen LogP contribution in [0.15, 0.2) is 47.4 Å². The van der Waals surface area contributed by atoms with Gasteiger partial charge in [0.25, 0.3) is 11.5 Å². The summed E-state index contributed by atoms with van der Waals surface area (Å²) in [5, 5.41) is 5.28. The van der Waals surface area contributed by atoms with Crippen LogP contribution in [0.3, 0.4) is 0 Å². The Bertz CT molecular complexity index is 1070. The quantitative estimate of drug-likeness (QED) is 0.701. The van der Waals surface area contributed by atoms with Crippen molar-refractivity contribution in [2.24, 2.45) is 0 Å². The van der Waals surface area contributed by atoms with Gasteiger partial charge >= 0.3 is 0 Å². The van der Waals surface area contributed by atoms with Crippen molar-refractivity contribution in [1.29, 1.82) is 0 Å². The first-order valence-electron chi connectivity index (χ1n) is 9.64. The third-order valence-corrected chi connectivity index (χ3v) is 5.22. The molecule has 1 aliphatic heterocycles. The fourth-order valence-electron chi connectivity index (χ4n) is 3.64. The van der Waals surface area contributed by atoms with Crippen LogP contribution in [0.5, 0.6) is 0 Å². The van der Waals surface area contributed by atoms with Crippen LogP contribution < -0.4 is 5.56 Å². The molecule has 0 spiro atoms. The van der Waals surface area contributed by atoms with Gasteiger partial charge in [-0.1, -0.05) is 0 Å². The van der Waals surface area contributed by atoms with Crippen LogP contribution in [0.1, 0.15) is 54.8 Å². The Balaban J connectivity index is 1.47. The lowest BCUT2D eigenvalue weighted by Gasteiger charge is -2.31. The van der Waals surface area contributed by atoms with Gasteiger partial charge in [0.05, 0.1) is 6.04 Å². The molecule has 0 N–H and O–H groups in total. The molecule has 1 amide bonds. The smallest absolute Gasteiger partial charge is 0.274 e. The zero-order chi connectivity index (χ0) is 19.7. The number of likely N-dealkylation sites (tertiary alicyclic amines) is 1. The van der Waals surface area contributed by atoms with Gasteiger partial charge in [-0.25, -0.2) is 14.6 Å². The summed E-state index contributed by atoms with van der Waals surface area (Å²) in [6.07, 6.45) is 3.45. The maximum atomic E-state index is 12.8. The molecular formula is C21H23N5O2. The van der Waals surface area contributed by atoms with Gasteiger partial charge in [-0.3, -0.25) is 9.59 Å². The SMILES string of the molecule is CC(C)n1nc(C(=O)N2CCC(c3ccc4cccnc4n3)CC2)ccc1=O. The van der Waals surface area contributed by atoms with Crippen molar-refractivity contribution in [2.75, 3.05) is 13.1 Å². The highest BCUT2D eigenvalue weighted by Crippen LogP contribution is 2.28. The number of hydrogen-bond donors (Lipinski definition) is 0. The predicted molar refractivity (Wildman–Crippen MR) is 106 cm³/mol. The molecule has 28 heavy (non-hydrogen) atoms. The molecule has 1 aliphatic rings. The zero-order valence-electron chi connectivity index (χ0n) is 16.1. The standard InChI is InChI=1S/C21H23N5O2/c1-14(2)26-19(27)8-7-18(24-26)21(28)25-12-9-15(10-13-25)17-6-5-16-4-3-11-22-20(16)23-17/h3-8,11,14-15H,9-10,12-13H2,1-2H3. The summed E-state index contributed by atoms with van der Waals surface area (Å²) in [6, 6.07) is 10.9. The number of nitrogens with zero attached hydrogens (tertiary/aromatic N) is 5. The van der Waals surface area contributed by atoms with E-state index in [9.17, 15) is 9.59 Å². The summed E-state index contributed by atoms with van der Waals surface area (Å²) in [4.78, 5) is 35.5. The number of carbonyl (C=O) groups excluding carboxylic acids is 1. The number of rotatable bonds is 3. The van der Waals surface area contributed by atoms with E-state index in [4.69, 9.17) is 4.98 Å². The van der Waals surface area contributed by atoms with E-state index >= 15 is 0 Å². The Hall–Kier alpha value is -3.09. The molecule has 3 aromatic rings. The van der Waals surface area contributed by atoms with Gasteiger partial charge in [-0.2, -0.15) is 5.10 Å². The van der Waals surface area contributed by atoms with E-state index < -0.39 is 0 Å². The van der Waals surface area contributed by atoms with Gasteiger partial charge < -0.3 is 4.90 Å². The predicted octanol–water partition coefficient (Wildman–Crippen LogP) is 2.79. The summed E-state index contributed by atoms with van der Waals surface area (Å²) in [5.41, 5.74) is 1.92. The van der Waals surface area contributed by atoms with Gasteiger partial charge in [-0.15, -0.1) is 0 Å². The number of carbonyl (C=O) groups is 1. The lowest BCUT2D eigenvalue weighted by atomic mass is 9.92. The van der Waals surface area contributed by atoms with E-state index in [-0.39, 0.29) is 17.5 Å². The minimum Gasteiger partial charge on any atom is -0.337 e. The molecule has 144 valence electrons. The molecule has 4 heterocycles. The lowest BCUT2D eigenvalue weighted by molar-refractivity contribution is 0.0703. The monoisotopic (exact) mass is 377 g/mol. The minimum atomic E-state index is -0.193. The maximum absolute atomic E-state index is 12.8. The van der Waals surface area contributed by atoms with Gasteiger partial charge in [0.15, 0.2) is 5.65 Å². The zero-order valence-corrected chi connectivity index (χ0v) is 16.1. The number of hydrogen-bond acceptors (Lipinski definition) is 5. The third kappa shape index (κ3) is 3.52. The van der Waals surface area contributed by atoms with E-state index in [1.807, 2.05) is 30.9 Å². The first kappa shape index (κ1) is 18.3. The lowest BCUT2D eigenvalue weighted by Crippen LogP contribution is -2.39. The van der Waals surface area contributed by atoms with Crippen molar-refractivity contribution in [3.05, 3.63) is 64.3 Å². The first-order valence-corrected chi connectivity index (χ1v) is 9.64. The minimum absolute atomic E-state index is 0.0847. The Morgan fingerprint density at radius 2 is 1.89 bits per heavy atom. The molecule has 1 fully saturated rings. The first-order chi connectivity index (χ1) is 13.5. The van der Waals surface area contributed by atoms with Crippen molar-refractivity contribution in [3.63, 3.8) is 0 Å². The van der Waals surface area contributed by atoms with Crippen LogP contribution in [0.25, 0.3) is 11.0 Å². The highest BCUT2D eigenvalue weighted by molar-refractivity contribution is 5.92. The molecular weight excluding hydrogens is 354 g/mol. The number of aromatic nitrogens is 4. The molecule has 1 saturated heterocycles. The molecule has 3 aromatic heterocycles. The molecule has 0 aliphatic carbocycles. The average Bonchev–Trinajstić information content (AvgIpc) is 2.73. The normalized spacial score (nSPS) is 15.3. The van der Waals surface area contributed by atoms with E-state index in [0.29, 0.717) is 24.7 Å². The second kappa shape index (κ2) is 7.50. The highest BCUT2D eigenvalue weighted by Gasteiger charge is 2.26. The maximum Gasteiger partial charge on any atom is 0.274 e. The fraction of sp³-hybridized carbons (Fsp3) is 0.381. The summed E-state index contributed by atoms with van der Waals surface area (Å²) in [6.45, 7) is 5.04. The number of piperidine rings is 1. The van der Waals surface area contributed by atoms with E-state index in [1.165, 1.54) is 16.8 Å². The molecule has 7 heteroatoms. The summed E-state index contributed by atoms with van der Waals surface area (Å²) >= 11 is 0. The van der Waals surface area contributed by atoms with Crippen LogP contribution in [-0.4, -0.2) is 43.6 Å². The van der Waals surface area contributed by atoms with E-state index in [1.54, 1.807) is 6.20 Å². The molecule has 4 rings (SSSR count). The Kier molecular flexibility index (Phi) is 4.90. The number of amides is 1. The van der Waals surface area contributed by atoms with Crippen molar-refractivity contribution in [1.82, 2.24) is 24.6 Å². The van der Waals surface area contributed by atoms with Crippen molar-refractivity contribution in [3.8, 4) is 0 Å². The second-order valence-electron chi connectivity index (χ2n) is 7.45. The number of pyridine rings is 2. The third-order valence-electron chi connectivity index (χ3n) is 5.22. The largest absolute Gasteiger partial charge is 0.337 e. The highest BCUT2D eigenvalue weighted by atomic mass is 16.2. The van der Waals surface area contributed by atoms with Crippen LogP contribution in [0.4, 0.5) is 0 Å². The van der Waals surface area contributed by atoms with Crippen molar-refractivity contribution in [2.45, 2.75) is 38.6 Å². The van der Waals surface area contributed by atoms with Crippen LogP contribution in [0, 0.1) is 0 Å². The Morgan fingerprint density at radius 1 is 1.11 bits per heavy atom. The van der Waals surface area contributed by atoms with Gasteiger partial charge in [0, 0.05) is 42.4 Å². The average molecular weight is 377 g/mol. The van der Waals surface area contributed by atoms with Crippen LogP contribution in [-0.2, 0) is 0 Å². The van der Waals surface area contributed by atoms with Gasteiger partial charge in [0.1, 0.15) is 5.69 Å². The fourth-order valence-corrected chi connectivity index (χ4v) is 3.64. The number of fused-ring (bicyclic) bond motifs is 1. The van der Waals surface area contributed by atoms with Crippen LogP contribution >= 0.6 is 0 Å².